The minimum absolute atomic E-state index is 0.00338. The van der Waals surface area contributed by atoms with E-state index < -0.39 is 29.2 Å². The lowest BCUT2D eigenvalue weighted by molar-refractivity contribution is -0.155. The van der Waals surface area contributed by atoms with E-state index in [1.54, 1.807) is 26.8 Å². The normalized spacial score (nSPS) is 16.9. The molecule has 35 heavy (non-hydrogen) atoms. The standard InChI is InChI=1S/C24H27F3N4O4/c1-23(2,3)35-19(32)13-31-12-15-5-4-14(10-17(15)21(31)33)20-18(24(25,26)27)11-28-22(30-20)29-16-6-8-34-9-7-16/h4-5,10-11,16H,6-9,12-13H2,1-3H3,(H,28,29,30). The number of ether oxygens (including phenoxy) is 2. The van der Waals surface area contributed by atoms with Crippen LogP contribution in [-0.4, -0.2) is 58.1 Å². The average Bonchev–Trinajstić information content (AvgIpc) is 3.07. The van der Waals surface area contributed by atoms with Gasteiger partial charge in [0, 0.05) is 43.1 Å². The number of amides is 1. The number of fused-ring (bicyclic) bond motifs is 1. The van der Waals surface area contributed by atoms with Crippen LogP contribution in [0.1, 0.15) is 55.1 Å². The van der Waals surface area contributed by atoms with E-state index in [1.807, 2.05) is 0 Å². The summed E-state index contributed by atoms with van der Waals surface area (Å²) in [6, 6.07) is 4.48. The van der Waals surface area contributed by atoms with Crippen molar-refractivity contribution in [3.63, 3.8) is 0 Å². The van der Waals surface area contributed by atoms with Gasteiger partial charge in [0.2, 0.25) is 5.95 Å². The van der Waals surface area contributed by atoms with Crippen molar-refractivity contribution in [2.45, 2.75) is 58.0 Å². The van der Waals surface area contributed by atoms with Crippen LogP contribution >= 0.6 is 0 Å². The fourth-order valence-electron chi connectivity index (χ4n) is 4.07. The van der Waals surface area contributed by atoms with E-state index in [9.17, 15) is 22.8 Å². The Bertz CT molecular complexity index is 1120. The van der Waals surface area contributed by atoms with E-state index in [4.69, 9.17) is 9.47 Å². The summed E-state index contributed by atoms with van der Waals surface area (Å²) in [5.74, 6) is -0.924. The lowest BCUT2D eigenvalue weighted by atomic mass is 10.0. The van der Waals surface area contributed by atoms with Gasteiger partial charge in [0.05, 0.1) is 5.69 Å². The molecule has 2 aromatic rings. The summed E-state index contributed by atoms with van der Waals surface area (Å²) in [7, 11) is 0. The van der Waals surface area contributed by atoms with Crippen LogP contribution in [-0.2, 0) is 27.0 Å². The number of hydrogen-bond donors (Lipinski definition) is 1. The molecule has 188 valence electrons. The van der Waals surface area contributed by atoms with Crippen molar-refractivity contribution >= 4 is 17.8 Å². The Morgan fingerprint density at radius 1 is 1.23 bits per heavy atom. The maximum Gasteiger partial charge on any atom is 0.419 e. The van der Waals surface area contributed by atoms with Crippen molar-refractivity contribution in [2.24, 2.45) is 0 Å². The number of aromatic nitrogens is 2. The van der Waals surface area contributed by atoms with Gasteiger partial charge in [-0.1, -0.05) is 12.1 Å². The smallest absolute Gasteiger partial charge is 0.419 e. The summed E-state index contributed by atoms with van der Waals surface area (Å²) < 4.78 is 51.9. The molecule has 0 aliphatic carbocycles. The number of anilines is 1. The summed E-state index contributed by atoms with van der Waals surface area (Å²) in [5, 5.41) is 3.08. The van der Waals surface area contributed by atoms with Crippen LogP contribution in [0.3, 0.4) is 0 Å². The van der Waals surface area contributed by atoms with Crippen LogP contribution in [0.5, 0.6) is 0 Å². The van der Waals surface area contributed by atoms with E-state index in [0.29, 0.717) is 31.6 Å². The number of rotatable bonds is 5. The van der Waals surface area contributed by atoms with Gasteiger partial charge in [-0.25, -0.2) is 9.97 Å². The Hall–Kier alpha value is -3.21. The molecule has 1 N–H and O–H groups in total. The Kier molecular flexibility index (Phi) is 6.72. The summed E-state index contributed by atoms with van der Waals surface area (Å²) in [6.07, 6.45) is -2.53. The second-order valence-corrected chi connectivity index (χ2v) is 9.60. The Morgan fingerprint density at radius 2 is 1.94 bits per heavy atom. The molecule has 1 aromatic heterocycles. The van der Waals surface area contributed by atoms with Gasteiger partial charge in [-0.05, 0) is 45.2 Å². The molecule has 0 saturated carbocycles. The molecule has 2 aliphatic heterocycles. The fourth-order valence-corrected chi connectivity index (χ4v) is 4.07. The van der Waals surface area contributed by atoms with Gasteiger partial charge in [0.25, 0.3) is 5.91 Å². The molecular formula is C24H27F3N4O4. The highest BCUT2D eigenvalue weighted by Gasteiger charge is 2.37. The lowest BCUT2D eigenvalue weighted by Gasteiger charge is -2.23. The molecule has 4 rings (SSSR count). The Morgan fingerprint density at radius 3 is 2.60 bits per heavy atom. The summed E-state index contributed by atoms with van der Waals surface area (Å²) in [6.45, 7) is 6.20. The second kappa shape index (κ2) is 9.44. The number of carbonyl (C=O) groups is 2. The van der Waals surface area contributed by atoms with Crippen molar-refractivity contribution < 1.29 is 32.2 Å². The van der Waals surface area contributed by atoms with Gasteiger partial charge in [0.15, 0.2) is 0 Å². The lowest BCUT2D eigenvalue weighted by Crippen LogP contribution is -2.35. The molecule has 0 atom stereocenters. The third-order valence-corrected chi connectivity index (χ3v) is 5.65. The molecular weight excluding hydrogens is 465 g/mol. The van der Waals surface area contributed by atoms with E-state index in [2.05, 4.69) is 15.3 Å². The van der Waals surface area contributed by atoms with Crippen molar-refractivity contribution in [2.75, 3.05) is 25.1 Å². The molecule has 8 nitrogen and oxygen atoms in total. The van der Waals surface area contributed by atoms with Crippen LogP contribution in [0.4, 0.5) is 19.1 Å². The van der Waals surface area contributed by atoms with Crippen LogP contribution < -0.4 is 5.32 Å². The molecule has 0 unspecified atom stereocenters. The Balaban J connectivity index is 1.61. The topological polar surface area (TPSA) is 93.7 Å². The minimum atomic E-state index is -4.68. The second-order valence-electron chi connectivity index (χ2n) is 9.60. The maximum atomic E-state index is 13.8. The fraction of sp³-hybridized carbons (Fsp3) is 0.500. The van der Waals surface area contributed by atoms with Crippen molar-refractivity contribution in [3.8, 4) is 11.3 Å². The predicted octanol–water partition coefficient (Wildman–Crippen LogP) is 4.05. The first kappa shape index (κ1) is 24.9. The molecule has 1 aromatic carbocycles. The number of carbonyl (C=O) groups excluding carboxylic acids is 2. The van der Waals surface area contributed by atoms with E-state index >= 15 is 0 Å². The first-order valence-electron chi connectivity index (χ1n) is 11.3. The monoisotopic (exact) mass is 492 g/mol. The van der Waals surface area contributed by atoms with Gasteiger partial charge in [-0.3, -0.25) is 9.59 Å². The predicted molar refractivity (Wildman–Crippen MR) is 121 cm³/mol. The van der Waals surface area contributed by atoms with E-state index in [-0.39, 0.29) is 41.9 Å². The maximum absolute atomic E-state index is 13.8. The zero-order valence-corrected chi connectivity index (χ0v) is 19.7. The minimum Gasteiger partial charge on any atom is -0.459 e. The average molecular weight is 492 g/mol. The number of benzene rings is 1. The number of nitrogens with zero attached hydrogens (tertiary/aromatic N) is 3. The summed E-state index contributed by atoms with van der Waals surface area (Å²) in [4.78, 5) is 34.5. The SMILES string of the molecule is CC(C)(C)OC(=O)CN1Cc2ccc(-c3nc(NC4CCOCC4)ncc3C(F)(F)F)cc2C1=O. The highest BCUT2D eigenvalue weighted by Crippen LogP contribution is 2.37. The molecule has 1 fully saturated rings. The summed E-state index contributed by atoms with van der Waals surface area (Å²) >= 11 is 0. The van der Waals surface area contributed by atoms with Crippen molar-refractivity contribution in [1.29, 1.82) is 0 Å². The highest BCUT2D eigenvalue weighted by atomic mass is 19.4. The summed E-state index contributed by atoms with van der Waals surface area (Å²) in [5.41, 5.74) is -1.02. The van der Waals surface area contributed by atoms with Gasteiger partial charge in [-0.15, -0.1) is 0 Å². The Labute approximate surface area is 200 Å². The van der Waals surface area contributed by atoms with Crippen molar-refractivity contribution in [3.05, 3.63) is 41.1 Å². The van der Waals surface area contributed by atoms with Crippen LogP contribution in [0.2, 0.25) is 0 Å². The van der Waals surface area contributed by atoms with Gasteiger partial charge in [0.1, 0.15) is 17.7 Å². The van der Waals surface area contributed by atoms with Crippen LogP contribution in [0.25, 0.3) is 11.3 Å². The highest BCUT2D eigenvalue weighted by molar-refractivity contribution is 6.01. The van der Waals surface area contributed by atoms with Gasteiger partial charge in [-0.2, -0.15) is 13.2 Å². The number of nitrogens with one attached hydrogen (secondary N) is 1. The molecule has 1 saturated heterocycles. The zero-order valence-electron chi connectivity index (χ0n) is 19.7. The number of halogens is 3. The largest absolute Gasteiger partial charge is 0.459 e. The number of hydrogen-bond acceptors (Lipinski definition) is 7. The third kappa shape index (κ3) is 5.90. The molecule has 0 radical (unpaired) electrons. The molecule has 11 heteroatoms. The molecule has 0 bridgehead atoms. The quantitative estimate of drug-likeness (QED) is 0.630. The van der Waals surface area contributed by atoms with Crippen LogP contribution in [0, 0.1) is 0 Å². The molecule has 2 aliphatic rings. The number of alkyl halides is 3. The third-order valence-electron chi connectivity index (χ3n) is 5.65. The zero-order chi connectivity index (χ0) is 25.4. The first-order valence-corrected chi connectivity index (χ1v) is 11.3. The van der Waals surface area contributed by atoms with Gasteiger partial charge >= 0.3 is 12.1 Å². The number of esters is 1. The molecule has 1 amide bonds. The van der Waals surface area contributed by atoms with Crippen molar-refractivity contribution in [1.82, 2.24) is 14.9 Å². The van der Waals surface area contributed by atoms with E-state index in [0.717, 1.165) is 6.20 Å². The van der Waals surface area contributed by atoms with Gasteiger partial charge < -0.3 is 19.7 Å². The molecule has 3 heterocycles. The van der Waals surface area contributed by atoms with Crippen LogP contribution in [0.15, 0.2) is 24.4 Å². The van der Waals surface area contributed by atoms with E-state index in [1.165, 1.54) is 17.0 Å². The molecule has 0 spiro atoms. The first-order chi connectivity index (χ1) is 16.4.